The van der Waals surface area contributed by atoms with Crippen molar-refractivity contribution in [2.24, 2.45) is 0 Å². The number of rotatable bonds is 1. The highest BCUT2D eigenvalue weighted by molar-refractivity contribution is 4.89. The molecule has 0 unspecified atom stereocenters. The smallest absolute Gasteiger partial charge is 0.356 e. The third-order valence-electron chi connectivity index (χ3n) is 1.28. The average Bonchev–Trinajstić information content (AvgIpc) is 1.85. The first-order valence-corrected chi connectivity index (χ1v) is 3.26. The van der Waals surface area contributed by atoms with Gasteiger partial charge in [0.25, 0.3) is 0 Å². The van der Waals surface area contributed by atoms with Crippen molar-refractivity contribution in [3.63, 3.8) is 0 Å². The second kappa shape index (κ2) is 3.13. The second-order valence-corrected chi connectivity index (χ2v) is 2.36. The number of nitrogens with one attached hydrogen (secondary N) is 1. The third-order valence-corrected chi connectivity index (χ3v) is 1.28. The van der Waals surface area contributed by atoms with Crippen LogP contribution >= 0.6 is 0 Å². The molecular weight excluding hydrogens is 157 g/mol. The summed E-state index contributed by atoms with van der Waals surface area (Å²) in [4.78, 5) is 1.18. The number of alkyl halides is 3. The van der Waals surface area contributed by atoms with E-state index in [0.717, 1.165) is 0 Å². The Kier molecular flexibility index (Phi) is 2.38. The van der Waals surface area contributed by atoms with Crippen LogP contribution in [0.3, 0.4) is 0 Å². The van der Waals surface area contributed by atoms with Crippen molar-refractivity contribution in [2.75, 3.05) is 19.8 Å². The van der Waals surface area contributed by atoms with Gasteiger partial charge in [-0.05, 0) is 6.20 Å². The molecule has 0 amide bonds. The molecule has 0 aliphatic carbocycles. The summed E-state index contributed by atoms with van der Waals surface area (Å²) < 4.78 is 35.2. The van der Waals surface area contributed by atoms with Gasteiger partial charge >= 0.3 is 6.18 Å². The van der Waals surface area contributed by atoms with Gasteiger partial charge in [-0.1, -0.05) is 6.08 Å². The Labute approximate surface area is 62.7 Å². The van der Waals surface area contributed by atoms with Crippen LogP contribution in [0.4, 0.5) is 13.2 Å². The van der Waals surface area contributed by atoms with Gasteiger partial charge in [-0.25, -0.2) is 0 Å². The Hall–Kier alpha value is -0.710. The van der Waals surface area contributed by atoms with Crippen molar-refractivity contribution in [3.8, 4) is 0 Å². The molecule has 0 saturated heterocycles. The van der Waals surface area contributed by atoms with Crippen LogP contribution in [0, 0.1) is 0 Å². The number of hydrogen-bond acceptors (Lipinski definition) is 2. The molecule has 0 atom stereocenters. The van der Waals surface area contributed by atoms with E-state index >= 15 is 0 Å². The maximum absolute atomic E-state index is 11.7. The summed E-state index contributed by atoms with van der Waals surface area (Å²) in [7, 11) is 0. The van der Waals surface area contributed by atoms with E-state index in [9.17, 15) is 13.2 Å². The molecule has 64 valence electrons. The van der Waals surface area contributed by atoms with Gasteiger partial charge < -0.3 is 4.90 Å². The second-order valence-electron chi connectivity index (χ2n) is 2.36. The van der Waals surface area contributed by atoms with Gasteiger partial charge in [-0.3, -0.25) is 5.32 Å². The van der Waals surface area contributed by atoms with E-state index in [4.69, 9.17) is 0 Å². The van der Waals surface area contributed by atoms with E-state index < -0.39 is 12.7 Å². The number of hydrogen-bond donors (Lipinski definition) is 1. The average molecular weight is 166 g/mol. The highest BCUT2D eigenvalue weighted by Crippen LogP contribution is 2.16. The van der Waals surface area contributed by atoms with Gasteiger partial charge in [-0.15, -0.1) is 0 Å². The molecule has 0 bridgehead atoms. The van der Waals surface area contributed by atoms with Crippen molar-refractivity contribution >= 4 is 0 Å². The van der Waals surface area contributed by atoms with Crippen molar-refractivity contribution in [2.45, 2.75) is 6.18 Å². The monoisotopic (exact) mass is 166 g/mol. The largest absolute Gasteiger partial charge is 0.405 e. The zero-order valence-corrected chi connectivity index (χ0v) is 5.86. The van der Waals surface area contributed by atoms with E-state index in [-0.39, 0.29) is 6.67 Å². The summed E-state index contributed by atoms with van der Waals surface area (Å²) in [5, 5.41) is 2.80. The van der Waals surface area contributed by atoms with E-state index in [0.29, 0.717) is 6.54 Å². The predicted octanol–water partition coefficient (Wildman–Crippen LogP) is 0.925. The normalized spacial score (nSPS) is 19.0. The van der Waals surface area contributed by atoms with Crippen LogP contribution in [0.1, 0.15) is 0 Å². The van der Waals surface area contributed by atoms with Gasteiger partial charge in [-0.2, -0.15) is 13.2 Å². The first kappa shape index (κ1) is 8.39. The van der Waals surface area contributed by atoms with Crippen molar-refractivity contribution < 1.29 is 13.2 Å². The molecule has 1 aliphatic rings. The minimum Gasteiger partial charge on any atom is -0.356 e. The molecule has 0 aromatic rings. The number of nitrogens with zero attached hydrogens (tertiary/aromatic N) is 1. The van der Waals surface area contributed by atoms with Crippen LogP contribution in [0.25, 0.3) is 0 Å². The first-order chi connectivity index (χ1) is 5.08. The SMILES string of the molecule is FC(F)(F)CN1C=CCNC1. The Morgan fingerprint density at radius 1 is 1.45 bits per heavy atom. The summed E-state index contributed by atoms with van der Waals surface area (Å²) >= 11 is 0. The van der Waals surface area contributed by atoms with Crippen LogP contribution in [-0.4, -0.2) is 30.8 Å². The molecule has 0 spiro atoms. The maximum Gasteiger partial charge on any atom is 0.405 e. The fourth-order valence-corrected chi connectivity index (χ4v) is 0.885. The standard InChI is InChI=1S/C6H9F3N2/c7-6(8,9)4-11-3-1-2-10-5-11/h1,3,10H,2,4-5H2. The summed E-state index contributed by atoms with van der Waals surface area (Å²) in [5.41, 5.74) is 0. The highest BCUT2D eigenvalue weighted by Gasteiger charge is 2.29. The molecule has 0 radical (unpaired) electrons. The molecule has 5 heteroatoms. The summed E-state index contributed by atoms with van der Waals surface area (Å²) in [5.74, 6) is 0. The first-order valence-electron chi connectivity index (χ1n) is 3.26. The van der Waals surface area contributed by atoms with E-state index in [1.165, 1.54) is 11.1 Å². The Morgan fingerprint density at radius 3 is 2.64 bits per heavy atom. The van der Waals surface area contributed by atoms with Gasteiger partial charge in [0.1, 0.15) is 6.54 Å². The molecule has 1 heterocycles. The Bertz CT molecular complexity index is 152. The Morgan fingerprint density at radius 2 is 2.18 bits per heavy atom. The van der Waals surface area contributed by atoms with Gasteiger partial charge in [0.05, 0.1) is 6.67 Å². The predicted molar refractivity (Wildman–Crippen MR) is 34.8 cm³/mol. The van der Waals surface area contributed by atoms with Crippen LogP contribution in [-0.2, 0) is 0 Å². The lowest BCUT2D eigenvalue weighted by molar-refractivity contribution is -0.141. The quantitative estimate of drug-likeness (QED) is 0.623. The van der Waals surface area contributed by atoms with E-state index in [1.54, 1.807) is 6.08 Å². The zero-order valence-electron chi connectivity index (χ0n) is 5.86. The molecule has 1 aliphatic heterocycles. The minimum atomic E-state index is -4.11. The molecule has 0 aromatic heterocycles. The van der Waals surface area contributed by atoms with Gasteiger partial charge in [0, 0.05) is 6.54 Å². The lowest BCUT2D eigenvalue weighted by Gasteiger charge is -2.24. The third kappa shape index (κ3) is 3.27. The fourth-order valence-electron chi connectivity index (χ4n) is 0.885. The summed E-state index contributed by atoms with van der Waals surface area (Å²) in [6.07, 6.45) is -0.984. The van der Waals surface area contributed by atoms with Crippen LogP contribution in [0.2, 0.25) is 0 Å². The van der Waals surface area contributed by atoms with Gasteiger partial charge in [0.15, 0.2) is 0 Å². The minimum absolute atomic E-state index is 0.274. The van der Waals surface area contributed by atoms with E-state index in [2.05, 4.69) is 5.32 Å². The van der Waals surface area contributed by atoms with Crippen LogP contribution in [0.5, 0.6) is 0 Å². The Balaban J connectivity index is 2.36. The molecule has 0 aromatic carbocycles. The van der Waals surface area contributed by atoms with Crippen molar-refractivity contribution in [3.05, 3.63) is 12.3 Å². The lowest BCUT2D eigenvalue weighted by atomic mass is 10.4. The molecule has 1 rings (SSSR count). The molecule has 0 saturated carbocycles. The molecule has 2 nitrogen and oxygen atoms in total. The molecular formula is C6H9F3N2. The summed E-state index contributed by atoms with van der Waals surface area (Å²) in [6.45, 7) is 0.0425. The molecule has 11 heavy (non-hydrogen) atoms. The van der Waals surface area contributed by atoms with Crippen molar-refractivity contribution in [1.29, 1.82) is 0 Å². The summed E-state index contributed by atoms with van der Waals surface area (Å²) in [6, 6.07) is 0. The maximum atomic E-state index is 11.7. The molecule has 1 N–H and O–H groups in total. The number of halogens is 3. The van der Waals surface area contributed by atoms with Crippen LogP contribution < -0.4 is 5.32 Å². The zero-order chi connectivity index (χ0) is 8.32. The van der Waals surface area contributed by atoms with Gasteiger partial charge in [0.2, 0.25) is 0 Å². The highest BCUT2D eigenvalue weighted by atomic mass is 19.4. The van der Waals surface area contributed by atoms with Crippen LogP contribution in [0.15, 0.2) is 12.3 Å². The van der Waals surface area contributed by atoms with Crippen molar-refractivity contribution in [1.82, 2.24) is 10.2 Å². The fraction of sp³-hybridized carbons (Fsp3) is 0.667. The van der Waals surface area contributed by atoms with E-state index in [1.807, 2.05) is 0 Å². The topological polar surface area (TPSA) is 15.3 Å². The lowest BCUT2D eigenvalue weighted by Crippen LogP contribution is -2.39. The molecule has 0 fully saturated rings.